The average molecular weight is 346 g/mol. The van der Waals surface area contributed by atoms with Gasteiger partial charge in [-0.25, -0.2) is 14.3 Å². The molecule has 2 heterocycles. The summed E-state index contributed by atoms with van der Waals surface area (Å²) >= 11 is 3.41. The van der Waals surface area contributed by atoms with Crippen molar-refractivity contribution in [1.29, 1.82) is 0 Å². The van der Waals surface area contributed by atoms with Gasteiger partial charge in [0.25, 0.3) is 0 Å². The number of rotatable bonds is 3. The molecule has 0 saturated carbocycles. The van der Waals surface area contributed by atoms with E-state index in [4.69, 9.17) is 4.74 Å². The summed E-state index contributed by atoms with van der Waals surface area (Å²) in [6, 6.07) is 11.3. The van der Waals surface area contributed by atoms with E-state index in [1.54, 1.807) is 23.7 Å². The van der Waals surface area contributed by atoms with Crippen molar-refractivity contribution in [2.75, 3.05) is 6.61 Å². The molecule has 0 saturated heterocycles. The van der Waals surface area contributed by atoms with Crippen LogP contribution < -0.4 is 0 Å². The molecule has 0 spiro atoms. The van der Waals surface area contributed by atoms with Crippen LogP contribution in [0, 0.1) is 0 Å². The van der Waals surface area contributed by atoms with E-state index < -0.39 is 5.97 Å². The van der Waals surface area contributed by atoms with E-state index in [0.717, 1.165) is 15.7 Å². The highest BCUT2D eigenvalue weighted by Gasteiger charge is 2.14. The van der Waals surface area contributed by atoms with Gasteiger partial charge < -0.3 is 4.74 Å². The third-order valence-corrected chi connectivity index (χ3v) is 3.51. The Hall–Kier alpha value is -2.21. The predicted molar refractivity (Wildman–Crippen MR) is 82.1 cm³/mol. The van der Waals surface area contributed by atoms with Crippen LogP contribution in [0.4, 0.5) is 0 Å². The molecule has 21 heavy (non-hydrogen) atoms. The molecule has 0 atom stereocenters. The molecule has 6 heteroatoms. The summed E-state index contributed by atoms with van der Waals surface area (Å²) in [5.41, 5.74) is 2.72. The molecule has 2 aromatic heterocycles. The van der Waals surface area contributed by atoms with Crippen molar-refractivity contribution < 1.29 is 9.53 Å². The SMILES string of the molecule is CCOC(=O)c1cc2nccc(-c3ccc(Br)cc3)n2n1. The number of esters is 1. The number of aromatic nitrogens is 3. The zero-order valence-corrected chi connectivity index (χ0v) is 12.9. The molecular formula is C15H12BrN3O2. The summed E-state index contributed by atoms with van der Waals surface area (Å²) in [6.07, 6.45) is 1.70. The number of ether oxygens (including phenoxy) is 1. The summed E-state index contributed by atoms with van der Waals surface area (Å²) in [6.45, 7) is 2.08. The zero-order chi connectivity index (χ0) is 14.8. The minimum absolute atomic E-state index is 0.258. The summed E-state index contributed by atoms with van der Waals surface area (Å²) in [4.78, 5) is 16.0. The lowest BCUT2D eigenvalue weighted by Crippen LogP contribution is -2.05. The van der Waals surface area contributed by atoms with Crippen molar-refractivity contribution in [1.82, 2.24) is 14.6 Å². The second-order valence-electron chi connectivity index (χ2n) is 4.36. The third-order valence-electron chi connectivity index (χ3n) is 2.98. The molecular weight excluding hydrogens is 334 g/mol. The highest BCUT2D eigenvalue weighted by atomic mass is 79.9. The van der Waals surface area contributed by atoms with Crippen LogP contribution in [0.5, 0.6) is 0 Å². The van der Waals surface area contributed by atoms with Gasteiger partial charge in [0.1, 0.15) is 0 Å². The maximum atomic E-state index is 11.8. The largest absolute Gasteiger partial charge is 0.461 e. The quantitative estimate of drug-likeness (QED) is 0.683. The average Bonchev–Trinajstić information content (AvgIpc) is 2.92. The minimum atomic E-state index is -0.440. The fourth-order valence-electron chi connectivity index (χ4n) is 2.04. The first-order valence-electron chi connectivity index (χ1n) is 6.47. The zero-order valence-electron chi connectivity index (χ0n) is 11.3. The number of carbonyl (C=O) groups is 1. The molecule has 0 unspecified atom stereocenters. The maximum Gasteiger partial charge on any atom is 0.358 e. The van der Waals surface area contributed by atoms with Gasteiger partial charge in [-0.15, -0.1) is 0 Å². The smallest absolute Gasteiger partial charge is 0.358 e. The Morgan fingerprint density at radius 2 is 2.05 bits per heavy atom. The van der Waals surface area contributed by atoms with Gasteiger partial charge in [-0.3, -0.25) is 0 Å². The van der Waals surface area contributed by atoms with Crippen LogP contribution in [0.15, 0.2) is 47.1 Å². The Morgan fingerprint density at radius 3 is 2.76 bits per heavy atom. The van der Waals surface area contributed by atoms with Crippen LogP contribution in [0.1, 0.15) is 17.4 Å². The lowest BCUT2D eigenvalue weighted by Gasteiger charge is -2.04. The predicted octanol–water partition coefficient (Wildman–Crippen LogP) is 3.34. The van der Waals surface area contributed by atoms with Crippen LogP contribution in [0.3, 0.4) is 0 Å². The van der Waals surface area contributed by atoms with Crippen LogP contribution >= 0.6 is 15.9 Å². The highest BCUT2D eigenvalue weighted by Crippen LogP contribution is 2.22. The van der Waals surface area contributed by atoms with Gasteiger partial charge >= 0.3 is 5.97 Å². The fourth-order valence-corrected chi connectivity index (χ4v) is 2.30. The number of fused-ring (bicyclic) bond motifs is 1. The Bertz CT molecular complexity index is 796. The first-order chi connectivity index (χ1) is 10.2. The molecule has 5 nitrogen and oxygen atoms in total. The molecule has 0 aliphatic carbocycles. The molecule has 3 aromatic rings. The fraction of sp³-hybridized carbons (Fsp3) is 0.133. The molecule has 0 aliphatic rings. The number of hydrogen-bond donors (Lipinski definition) is 0. The van der Waals surface area contributed by atoms with Gasteiger partial charge in [0.2, 0.25) is 0 Å². The van der Waals surface area contributed by atoms with Crippen LogP contribution in [0.25, 0.3) is 16.9 Å². The molecule has 0 N–H and O–H groups in total. The highest BCUT2D eigenvalue weighted by molar-refractivity contribution is 9.10. The van der Waals surface area contributed by atoms with Gasteiger partial charge in [0, 0.05) is 22.3 Å². The van der Waals surface area contributed by atoms with Gasteiger partial charge in [0.15, 0.2) is 11.3 Å². The standard InChI is InChI=1S/C15H12BrN3O2/c1-2-21-15(20)12-9-14-17-8-7-13(19(14)18-12)10-3-5-11(16)6-4-10/h3-9H,2H2,1H3. The van der Waals surface area contributed by atoms with Crippen molar-refractivity contribution in [2.45, 2.75) is 6.92 Å². The van der Waals surface area contributed by atoms with E-state index >= 15 is 0 Å². The van der Waals surface area contributed by atoms with Gasteiger partial charge in [-0.2, -0.15) is 5.10 Å². The molecule has 0 radical (unpaired) electrons. The third kappa shape index (κ3) is 2.67. The van der Waals surface area contributed by atoms with Crippen LogP contribution in [0.2, 0.25) is 0 Å². The lowest BCUT2D eigenvalue weighted by atomic mass is 10.1. The van der Waals surface area contributed by atoms with Crippen molar-refractivity contribution in [2.24, 2.45) is 0 Å². The van der Waals surface area contributed by atoms with E-state index in [9.17, 15) is 4.79 Å². The Kier molecular flexibility index (Phi) is 3.70. The minimum Gasteiger partial charge on any atom is -0.461 e. The molecule has 0 fully saturated rings. The van der Waals surface area contributed by atoms with E-state index in [0.29, 0.717) is 12.3 Å². The van der Waals surface area contributed by atoms with Crippen molar-refractivity contribution >= 4 is 27.5 Å². The number of benzene rings is 1. The second-order valence-corrected chi connectivity index (χ2v) is 5.27. The Labute approximate surface area is 129 Å². The van der Waals surface area contributed by atoms with Crippen LogP contribution in [-0.4, -0.2) is 27.2 Å². The summed E-state index contributed by atoms with van der Waals surface area (Å²) in [7, 11) is 0. The summed E-state index contributed by atoms with van der Waals surface area (Å²) < 4.78 is 7.62. The Balaban J connectivity index is 2.11. The molecule has 0 amide bonds. The second kappa shape index (κ2) is 5.65. The van der Waals surface area contributed by atoms with Gasteiger partial charge in [-0.05, 0) is 25.1 Å². The van der Waals surface area contributed by atoms with Crippen molar-refractivity contribution in [3.63, 3.8) is 0 Å². The summed E-state index contributed by atoms with van der Waals surface area (Å²) in [5.74, 6) is -0.440. The lowest BCUT2D eigenvalue weighted by molar-refractivity contribution is 0.0519. The maximum absolute atomic E-state index is 11.8. The van der Waals surface area contributed by atoms with E-state index in [1.165, 1.54) is 0 Å². The molecule has 0 aliphatic heterocycles. The van der Waals surface area contributed by atoms with Crippen molar-refractivity contribution in [3.8, 4) is 11.3 Å². The molecule has 1 aromatic carbocycles. The number of halogens is 1. The number of nitrogens with zero attached hydrogens (tertiary/aromatic N) is 3. The molecule has 106 valence electrons. The first kappa shape index (κ1) is 13.8. The van der Waals surface area contributed by atoms with E-state index in [1.807, 2.05) is 30.3 Å². The summed E-state index contributed by atoms with van der Waals surface area (Å²) in [5, 5.41) is 4.30. The first-order valence-corrected chi connectivity index (χ1v) is 7.26. The van der Waals surface area contributed by atoms with Crippen molar-refractivity contribution in [3.05, 3.63) is 52.8 Å². The molecule has 3 rings (SSSR count). The topological polar surface area (TPSA) is 56.5 Å². The van der Waals surface area contributed by atoms with Gasteiger partial charge in [0.05, 0.1) is 12.3 Å². The van der Waals surface area contributed by atoms with Crippen LogP contribution in [-0.2, 0) is 4.74 Å². The van der Waals surface area contributed by atoms with E-state index in [-0.39, 0.29) is 5.69 Å². The normalized spacial score (nSPS) is 10.8. The Morgan fingerprint density at radius 1 is 1.29 bits per heavy atom. The number of hydrogen-bond acceptors (Lipinski definition) is 4. The monoisotopic (exact) mass is 345 g/mol. The number of carbonyl (C=O) groups excluding carboxylic acids is 1. The van der Waals surface area contributed by atoms with E-state index in [2.05, 4.69) is 26.0 Å². The van der Waals surface area contributed by atoms with Gasteiger partial charge in [-0.1, -0.05) is 28.1 Å². The molecule has 0 bridgehead atoms.